The molecule has 0 bridgehead atoms. The molecule has 8 heteroatoms. The molecule has 0 spiro atoms. The van der Waals surface area contributed by atoms with E-state index in [1.165, 1.54) is 12.0 Å². The lowest BCUT2D eigenvalue weighted by Crippen LogP contribution is -2.51. The maximum Gasteiger partial charge on any atom is 0.349 e. The van der Waals surface area contributed by atoms with E-state index in [2.05, 4.69) is 6.07 Å². The van der Waals surface area contributed by atoms with Crippen molar-refractivity contribution >= 4 is 34.1 Å². The van der Waals surface area contributed by atoms with Crippen LogP contribution in [0.4, 0.5) is 0 Å². The second-order valence-electron chi connectivity index (χ2n) is 7.91. The Morgan fingerprint density at radius 1 is 1.10 bits per heavy atom. The quantitative estimate of drug-likeness (QED) is 0.585. The largest absolute Gasteiger partial charge is 0.493 e. The third kappa shape index (κ3) is 3.61. The minimum Gasteiger partial charge on any atom is -0.493 e. The van der Waals surface area contributed by atoms with Crippen LogP contribution in [0.25, 0.3) is 11.0 Å². The van der Waals surface area contributed by atoms with Gasteiger partial charge in [-0.15, -0.1) is 11.3 Å². The Morgan fingerprint density at radius 3 is 2.58 bits per heavy atom. The van der Waals surface area contributed by atoms with E-state index in [9.17, 15) is 14.4 Å². The van der Waals surface area contributed by atoms with Gasteiger partial charge in [-0.2, -0.15) is 0 Å². The van der Waals surface area contributed by atoms with Gasteiger partial charge >= 0.3 is 5.63 Å². The first kappa shape index (κ1) is 19.8. The van der Waals surface area contributed by atoms with Gasteiger partial charge in [-0.25, -0.2) is 4.79 Å². The van der Waals surface area contributed by atoms with Crippen molar-refractivity contribution < 1.29 is 18.7 Å². The second-order valence-corrected chi connectivity index (χ2v) is 8.89. The van der Waals surface area contributed by atoms with Crippen LogP contribution in [-0.4, -0.2) is 54.9 Å². The zero-order valence-corrected chi connectivity index (χ0v) is 17.9. The smallest absolute Gasteiger partial charge is 0.349 e. The molecule has 2 aromatic heterocycles. The summed E-state index contributed by atoms with van der Waals surface area (Å²) in [5.41, 5.74) is -0.357. The molecule has 2 aliphatic rings. The molecule has 0 radical (unpaired) electrons. The molecule has 5 rings (SSSR count). The second kappa shape index (κ2) is 7.85. The van der Waals surface area contributed by atoms with E-state index in [0.29, 0.717) is 48.8 Å². The molecule has 0 N–H and O–H groups in total. The zero-order valence-electron chi connectivity index (χ0n) is 17.1. The maximum absolute atomic E-state index is 13.0. The fourth-order valence-corrected chi connectivity index (χ4v) is 5.15. The lowest BCUT2D eigenvalue weighted by atomic mass is 10.1. The highest BCUT2D eigenvalue weighted by molar-refractivity contribution is 7.10. The Morgan fingerprint density at radius 2 is 1.87 bits per heavy atom. The van der Waals surface area contributed by atoms with Crippen LogP contribution in [-0.2, 0) is 4.79 Å². The number of ether oxygens (including phenoxy) is 1. The normalized spacial score (nSPS) is 20.7. The van der Waals surface area contributed by atoms with Gasteiger partial charge in [-0.05, 0) is 30.0 Å². The fraction of sp³-hybridized carbons (Fsp3) is 0.348. The van der Waals surface area contributed by atoms with Crippen LogP contribution >= 0.6 is 11.3 Å². The molecule has 3 aromatic rings. The number of fused-ring (bicyclic) bond motifs is 1. The Hall–Kier alpha value is -3.13. The summed E-state index contributed by atoms with van der Waals surface area (Å²) < 4.78 is 10.6. The first-order chi connectivity index (χ1) is 15.1. The monoisotopic (exact) mass is 438 g/mol. The van der Waals surface area contributed by atoms with Crippen molar-refractivity contribution in [3.8, 4) is 5.75 Å². The average Bonchev–Trinajstić information content (AvgIpc) is 3.41. The van der Waals surface area contributed by atoms with E-state index >= 15 is 0 Å². The van der Waals surface area contributed by atoms with Crippen molar-refractivity contribution in [2.45, 2.75) is 12.3 Å². The number of carbonyl (C=O) groups is 2. The number of piperazine rings is 1. The van der Waals surface area contributed by atoms with Gasteiger partial charge < -0.3 is 19.0 Å². The standard InChI is InChI=1S/C23H22N2O5S/c1-29-18-5-2-4-14-12-17(23(28)30-20(14)18)22(27)25-9-7-24(8-10-25)21(26)16-13-15(16)19-6-3-11-31-19/h2-6,11-12,15-16H,7-10,13H2,1H3/t15-,16+/m0/s1. The number of benzene rings is 1. The van der Waals surface area contributed by atoms with Crippen molar-refractivity contribution in [1.82, 2.24) is 9.80 Å². The van der Waals surface area contributed by atoms with Crippen LogP contribution in [0, 0.1) is 5.92 Å². The highest BCUT2D eigenvalue weighted by Gasteiger charge is 2.46. The molecule has 1 aliphatic carbocycles. The number of nitrogens with zero attached hydrogens (tertiary/aromatic N) is 2. The van der Waals surface area contributed by atoms with E-state index in [4.69, 9.17) is 9.15 Å². The number of methoxy groups -OCH3 is 1. The van der Waals surface area contributed by atoms with Gasteiger partial charge in [0.05, 0.1) is 7.11 Å². The first-order valence-corrected chi connectivity index (χ1v) is 11.2. The molecule has 7 nitrogen and oxygen atoms in total. The van der Waals surface area contributed by atoms with E-state index in [1.807, 2.05) is 16.3 Å². The van der Waals surface area contributed by atoms with E-state index in [1.54, 1.807) is 40.5 Å². The van der Waals surface area contributed by atoms with Gasteiger partial charge in [0.2, 0.25) is 5.91 Å². The molecular formula is C23H22N2O5S. The number of amides is 2. The van der Waals surface area contributed by atoms with Crippen molar-refractivity contribution in [1.29, 1.82) is 0 Å². The third-order valence-electron chi connectivity index (χ3n) is 6.07. The molecule has 3 heterocycles. The molecule has 0 unspecified atom stereocenters. The topological polar surface area (TPSA) is 80.1 Å². The summed E-state index contributed by atoms with van der Waals surface area (Å²) in [5.74, 6) is 0.646. The summed E-state index contributed by atoms with van der Waals surface area (Å²) in [6.07, 6.45) is 0.903. The Kier molecular flexibility index (Phi) is 5.02. The SMILES string of the molecule is COc1cccc2cc(C(=O)N3CCN(C(=O)[C@@H]4C[C@@H]4c4cccs4)CC3)c(=O)oc12. The van der Waals surface area contributed by atoms with Crippen molar-refractivity contribution in [3.63, 3.8) is 0 Å². The summed E-state index contributed by atoms with van der Waals surface area (Å²) in [6, 6.07) is 10.9. The molecule has 160 valence electrons. The third-order valence-corrected chi connectivity index (χ3v) is 7.07. The zero-order chi connectivity index (χ0) is 21.5. The predicted octanol–water partition coefficient (Wildman–Crippen LogP) is 2.95. The van der Waals surface area contributed by atoms with Crippen LogP contribution in [0.2, 0.25) is 0 Å². The van der Waals surface area contributed by atoms with Crippen LogP contribution in [0.5, 0.6) is 5.75 Å². The molecule has 31 heavy (non-hydrogen) atoms. The molecule has 1 saturated heterocycles. The minimum atomic E-state index is -0.683. The molecular weight excluding hydrogens is 416 g/mol. The lowest BCUT2D eigenvalue weighted by Gasteiger charge is -2.34. The Bertz CT molecular complexity index is 1190. The molecule has 2 fully saturated rings. The molecule has 1 aliphatic heterocycles. The fourth-order valence-electron chi connectivity index (χ4n) is 4.25. The summed E-state index contributed by atoms with van der Waals surface area (Å²) in [6.45, 7) is 1.75. The van der Waals surface area contributed by atoms with Crippen molar-refractivity contribution in [2.24, 2.45) is 5.92 Å². The molecule has 1 saturated carbocycles. The van der Waals surface area contributed by atoms with Crippen molar-refractivity contribution in [2.75, 3.05) is 33.3 Å². The van der Waals surface area contributed by atoms with Crippen LogP contribution in [0.3, 0.4) is 0 Å². The van der Waals surface area contributed by atoms with Crippen LogP contribution in [0.15, 0.2) is 51.0 Å². The van der Waals surface area contributed by atoms with Gasteiger partial charge in [-0.3, -0.25) is 9.59 Å². The lowest BCUT2D eigenvalue weighted by molar-refractivity contribution is -0.134. The number of rotatable bonds is 4. The molecule has 1 aromatic carbocycles. The van der Waals surface area contributed by atoms with E-state index in [-0.39, 0.29) is 23.3 Å². The van der Waals surface area contributed by atoms with Crippen LogP contribution < -0.4 is 10.4 Å². The highest BCUT2D eigenvalue weighted by Crippen LogP contribution is 2.50. The van der Waals surface area contributed by atoms with E-state index in [0.717, 1.165) is 6.42 Å². The molecule has 2 amide bonds. The van der Waals surface area contributed by atoms with Crippen molar-refractivity contribution in [3.05, 3.63) is 62.6 Å². The van der Waals surface area contributed by atoms with Gasteiger partial charge in [-0.1, -0.05) is 18.2 Å². The highest BCUT2D eigenvalue weighted by atomic mass is 32.1. The summed E-state index contributed by atoms with van der Waals surface area (Å²) in [7, 11) is 1.50. The van der Waals surface area contributed by atoms with Crippen LogP contribution in [0.1, 0.15) is 27.6 Å². The average molecular weight is 439 g/mol. The summed E-state index contributed by atoms with van der Waals surface area (Å²) in [5, 5.41) is 2.67. The first-order valence-electron chi connectivity index (χ1n) is 10.3. The number of hydrogen-bond acceptors (Lipinski definition) is 6. The van der Waals surface area contributed by atoms with Gasteiger partial charge in [0.25, 0.3) is 5.91 Å². The van der Waals surface area contributed by atoms with Gasteiger partial charge in [0, 0.05) is 48.3 Å². The van der Waals surface area contributed by atoms with Gasteiger partial charge in [0.15, 0.2) is 11.3 Å². The Balaban J connectivity index is 1.26. The predicted molar refractivity (Wildman–Crippen MR) is 117 cm³/mol. The minimum absolute atomic E-state index is 0.000446. The Labute approximate surface area is 182 Å². The summed E-state index contributed by atoms with van der Waals surface area (Å²) in [4.78, 5) is 43.0. The van der Waals surface area contributed by atoms with Gasteiger partial charge in [0.1, 0.15) is 5.56 Å². The summed E-state index contributed by atoms with van der Waals surface area (Å²) >= 11 is 1.70. The number of carbonyl (C=O) groups excluding carboxylic acids is 2. The number of para-hydroxylation sites is 1. The maximum atomic E-state index is 13.0. The number of thiophene rings is 1. The van der Waals surface area contributed by atoms with E-state index < -0.39 is 5.63 Å². The number of hydrogen-bond donors (Lipinski definition) is 0. The molecule has 2 atom stereocenters.